The number of fused-ring (bicyclic) bond motifs is 1. The predicted molar refractivity (Wildman–Crippen MR) is 86.0 cm³/mol. The zero-order valence-electron chi connectivity index (χ0n) is 10.5. The fourth-order valence-corrected chi connectivity index (χ4v) is 2.88. The smallest absolute Gasteiger partial charge is 0.265 e. The summed E-state index contributed by atoms with van der Waals surface area (Å²) in [5.74, 6) is -0.748. The number of benzene rings is 2. The van der Waals surface area contributed by atoms with E-state index in [0.29, 0.717) is 22.4 Å². The lowest BCUT2D eigenvalue weighted by Crippen LogP contribution is -2.21. The largest absolute Gasteiger partial charge is 0.322 e. The molecule has 0 unspecified atom stereocenters. The van der Waals surface area contributed by atoms with Crippen molar-refractivity contribution < 1.29 is 9.59 Å². The molecule has 0 aliphatic carbocycles. The van der Waals surface area contributed by atoms with Gasteiger partial charge in [-0.3, -0.25) is 9.59 Å². The van der Waals surface area contributed by atoms with Crippen molar-refractivity contribution in [3.63, 3.8) is 0 Å². The van der Waals surface area contributed by atoms with Crippen LogP contribution in [0.4, 0.5) is 5.69 Å². The van der Waals surface area contributed by atoms with Crippen molar-refractivity contribution in [1.29, 1.82) is 0 Å². The van der Waals surface area contributed by atoms with Gasteiger partial charge in [-0.15, -0.1) is 0 Å². The summed E-state index contributed by atoms with van der Waals surface area (Å²) in [5, 5.41) is 2.59. The van der Waals surface area contributed by atoms with Gasteiger partial charge in [-0.1, -0.05) is 51.3 Å². The number of halogens is 3. The van der Waals surface area contributed by atoms with E-state index in [9.17, 15) is 9.59 Å². The molecule has 6 heteroatoms. The maximum atomic E-state index is 12.6. The summed E-state index contributed by atoms with van der Waals surface area (Å²) in [6, 6.07) is 11.9. The molecule has 21 heavy (non-hydrogen) atoms. The van der Waals surface area contributed by atoms with E-state index in [0.717, 1.165) is 4.47 Å². The predicted octanol–water partition coefficient (Wildman–Crippen LogP) is 4.26. The molecule has 1 aliphatic rings. The number of amides is 1. The standard InChI is InChI=1S/C15H8BrCl2NO2/c16-9-6-4-8(5-7-9)13(20)10-2-1-3-11-12(10)19-14(21)15(11,17)18/h1-7H,(H,19,21). The summed E-state index contributed by atoms with van der Waals surface area (Å²) in [6.07, 6.45) is 0. The maximum Gasteiger partial charge on any atom is 0.265 e. The summed E-state index contributed by atoms with van der Waals surface area (Å²) >= 11 is 15.4. The van der Waals surface area contributed by atoms with Crippen molar-refractivity contribution in [3.8, 4) is 0 Å². The molecular weight excluding hydrogens is 377 g/mol. The van der Waals surface area contributed by atoms with Gasteiger partial charge in [0.15, 0.2) is 5.78 Å². The van der Waals surface area contributed by atoms with Crippen LogP contribution in [0.25, 0.3) is 0 Å². The molecule has 0 saturated carbocycles. The van der Waals surface area contributed by atoms with Crippen molar-refractivity contribution in [2.45, 2.75) is 4.33 Å². The van der Waals surface area contributed by atoms with Gasteiger partial charge in [0.05, 0.1) is 5.69 Å². The molecule has 3 nitrogen and oxygen atoms in total. The summed E-state index contributed by atoms with van der Waals surface area (Å²) in [7, 11) is 0. The lowest BCUT2D eigenvalue weighted by Gasteiger charge is -2.10. The first-order chi connectivity index (χ1) is 9.91. The van der Waals surface area contributed by atoms with Crippen molar-refractivity contribution in [1.82, 2.24) is 0 Å². The van der Waals surface area contributed by atoms with Gasteiger partial charge in [-0.25, -0.2) is 0 Å². The number of hydrogen-bond donors (Lipinski definition) is 1. The quantitative estimate of drug-likeness (QED) is 0.621. The van der Waals surface area contributed by atoms with Crippen LogP contribution in [-0.4, -0.2) is 11.7 Å². The van der Waals surface area contributed by atoms with Crippen molar-refractivity contribution in [2.75, 3.05) is 5.32 Å². The lowest BCUT2D eigenvalue weighted by molar-refractivity contribution is -0.116. The third kappa shape index (κ3) is 2.37. The highest BCUT2D eigenvalue weighted by molar-refractivity contribution is 9.10. The Morgan fingerprint density at radius 1 is 1.10 bits per heavy atom. The zero-order valence-corrected chi connectivity index (χ0v) is 13.6. The molecule has 2 aromatic rings. The Labute approximate surface area is 139 Å². The fraction of sp³-hybridized carbons (Fsp3) is 0.0667. The zero-order chi connectivity index (χ0) is 15.2. The highest BCUT2D eigenvalue weighted by atomic mass is 79.9. The molecular formula is C15H8BrCl2NO2. The highest BCUT2D eigenvalue weighted by Gasteiger charge is 2.45. The first-order valence-electron chi connectivity index (χ1n) is 6.04. The Balaban J connectivity index is 2.10. The van der Waals surface area contributed by atoms with Gasteiger partial charge >= 0.3 is 0 Å². The van der Waals surface area contributed by atoms with Crippen LogP contribution in [0.15, 0.2) is 46.9 Å². The molecule has 106 valence electrons. The molecule has 1 heterocycles. The molecule has 2 aromatic carbocycles. The Morgan fingerprint density at radius 2 is 1.76 bits per heavy atom. The van der Waals surface area contributed by atoms with E-state index in [1.54, 1.807) is 42.5 Å². The van der Waals surface area contributed by atoms with Gasteiger partial charge < -0.3 is 5.32 Å². The SMILES string of the molecule is O=C(c1ccc(Br)cc1)c1cccc2c1NC(=O)C2(Cl)Cl. The van der Waals surface area contributed by atoms with Crippen LogP contribution in [-0.2, 0) is 9.13 Å². The monoisotopic (exact) mass is 383 g/mol. The molecule has 0 atom stereocenters. The molecule has 1 aliphatic heterocycles. The average molecular weight is 385 g/mol. The lowest BCUT2D eigenvalue weighted by atomic mass is 9.99. The second-order valence-corrected chi connectivity index (χ2v) is 6.84. The number of carbonyl (C=O) groups is 2. The number of anilines is 1. The van der Waals surface area contributed by atoms with Crippen molar-refractivity contribution >= 4 is 56.5 Å². The van der Waals surface area contributed by atoms with E-state index >= 15 is 0 Å². The Morgan fingerprint density at radius 3 is 2.43 bits per heavy atom. The molecule has 3 rings (SSSR count). The Bertz CT molecular complexity index is 757. The van der Waals surface area contributed by atoms with Gasteiger partial charge in [0.1, 0.15) is 0 Å². The van der Waals surface area contributed by atoms with E-state index in [-0.39, 0.29) is 5.78 Å². The normalized spacial score (nSPS) is 15.5. The van der Waals surface area contributed by atoms with E-state index in [2.05, 4.69) is 21.2 Å². The highest BCUT2D eigenvalue weighted by Crippen LogP contribution is 2.46. The van der Waals surface area contributed by atoms with Crippen molar-refractivity contribution in [2.24, 2.45) is 0 Å². The number of para-hydroxylation sites is 1. The summed E-state index contributed by atoms with van der Waals surface area (Å²) in [4.78, 5) is 24.4. The van der Waals surface area contributed by atoms with Crippen LogP contribution in [0.1, 0.15) is 21.5 Å². The van der Waals surface area contributed by atoms with Crippen LogP contribution in [0.2, 0.25) is 0 Å². The molecule has 0 bridgehead atoms. The first-order valence-corrected chi connectivity index (χ1v) is 7.59. The van der Waals surface area contributed by atoms with Crippen LogP contribution < -0.4 is 5.32 Å². The number of nitrogens with one attached hydrogen (secondary N) is 1. The summed E-state index contributed by atoms with van der Waals surface area (Å²) in [6.45, 7) is 0. The molecule has 1 N–H and O–H groups in total. The van der Waals surface area contributed by atoms with E-state index < -0.39 is 10.2 Å². The maximum absolute atomic E-state index is 12.6. The Kier molecular flexibility index (Phi) is 3.56. The number of hydrogen-bond acceptors (Lipinski definition) is 2. The van der Waals surface area contributed by atoms with E-state index in [4.69, 9.17) is 23.2 Å². The van der Waals surface area contributed by atoms with Crippen LogP contribution in [0, 0.1) is 0 Å². The van der Waals surface area contributed by atoms with E-state index in [1.807, 2.05) is 0 Å². The number of carbonyl (C=O) groups excluding carboxylic acids is 2. The molecule has 0 fully saturated rings. The third-order valence-electron chi connectivity index (χ3n) is 3.28. The van der Waals surface area contributed by atoms with Gasteiger partial charge in [0.25, 0.3) is 5.91 Å². The second-order valence-electron chi connectivity index (χ2n) is 4.59. The fourth-order valence-electron chi connectivity index (χ4n) is 2.21. The number of alkyl halides is 2. The Hall–Kier alpha value is -1.36. The van der Waals surface area contributed by atoms with Crippen LogP contribution in [0.3, 0.4) is 0 Å². The number of ketones is 1. The van der Waals surface area contributed by atoms with Gasteiger partial charge in [-0.05, 0) is 30.3 Å². The molecule has 0 saturated heterocycles. The van der Waals surface area contributed by atoms with E-state index in [1.165, 1.54) is 0 Å². The molecule has 0 aromatic heterocycles. The molecule has 0 radical (unpaired) electrons. The second kappa shape index (κ2) is 5.13. The van der Waals surface area contributed by atoms with Gasteiger partial charge in [0, 0.05) is 21.2 Å². The summed E-state index contributed by atoms with van der Waals surface area (Å²) in [5.41, 5.74) is 1.66. The minimum absolute atomic E-state index is 0.203. The minimum atomic E-state index is -1.66. The topological polar surface area (TPSA) is 46.2 Å². The molecule has 0 spiro atoms. The summed E-state index contributed by atoms with van der Waals surface area (Å²) < 4.78 is -0.781. The first kappa shape index (κ1) is 14.6. The molecule has 1 amide bonds. The van der Waals surface area contributed by atoms with Gasteiger partial charge in [-0.2, -0.15) is 0 Å². The number of rotatable bonds is 2. The van der Waals surface area contributed by atoms with Gasteiger partial charge in [0.2, 0.25) is 4.33 Å². The van der Waals surface area contributed by atoms with Crippen LogP contribution >= 0.6 is 39.1 Å². The third-order valence-corrected chi connectivity index (χ3v) is 4.56. The van der Waals surface area contributed by atoms with Crippen molar-refractivity contribution in [3.05, 3.63) is 63.6 Å². The average Bonchev–Trinajstić information content (AvgIpc) is 2.69. The minimum Gasteiger partial charge on any atom is -0.322 e. The van der Waals surface area contributed by atoms with Crippen LogP contribution in [0.5, 0.6) is 0 Å².